The summed E-state index contributed by atoms with van der Waals surface area (Å²) in [7, 11) is 0. The summed E-state index contributed by atoms with van der Waals surface area (Å²) in [6.07, 6.45) is 10.4. The summed E-state index contributed by atoms with van der Waals surface area (Å²) in [4.78, 5) is 15.0. The Bertz CT molecular complexity index is 540. The lowest BCUT2D eigenvalue weighted by Crippen LogP contribution is -2.42. The molecule has 2 N–H and O–H groups in total. The molecule has 1 heterocycles. The van der Waals surface area contributed by atoms with Crippen LogP contribution in [-0.2, 0) is 11.3 Å². The standard InChI is InChI=1S/C22H35N3O/c1-2-23-22(26)21-15-20(24-19-13-9-4-3-5-10-14-19)17-25(21)16-18-11-7-6-8-12-18/h6-8,11-12,19-21,24H,2-5,9-10,13-17H2,1H3,(H,23,26)/t20-,21+/m1/s1. The Labute approximate surface area is 158 Å². The van der Waals surface area contributed by atoms with E-state index in [4.69, 9.17) is 0 Å². The number of carbonyl (C=O) groups is 1. The highest BCUT2D eigenvalue weighted by molar-refractivity contribution is 5.82. The lowest BCUT2D eigenvalue weighted by Gasteiger charge is -2.25. The highest BCUT2D eigenvalue weighted by Crippen LogP contribution is 2.24. The molecule has 0 spiro atoms. The summed E-state index contributed by atoms with van der Waals surface area (Å²) >= 11 is 0. The third-order valence-electron chi connectivity index (χ3n) is 5.86. The van der Waals surface area contributed by atoms with Gasteiger partial charge in [-0.1, -0.05) is 62.4 Å². The van der Waals surface area contributed by atoms with Crippen LogP contribution in [0, 0.1) is 0 Å². The number of carbonyl (C=O) groups excluding carboxylic acids is 1. The molecule has 1 aromatic rings. The van der Waals surface area contributed by atoms with Crippen LogP contribution in [0.5, 0.6) is 0 Å². The van der Waals surface area contributed by atoms with Crippen LogP contribution in [0.25, 0.3) is 0 Å². The Morgan fingerprint density at radius 1 is 1.04 bits per heavy atom. The number of amides is 1. The van der Waals surface area contributed by atoms with E-state index in [9.17, 15) is 4.79 Å². The maximum absolute atomic E-state index is 12.6. The Morgan fingerprint density at radius 3 is 2.42 bits per heavy atom. The molecule has 1 aromatic carbocycles. The summed E-state index contributed by atoms with van der Waals surface area (Å²) in [5.41, 5.74) is 1.29. The highest BCUT2D eigenvalue weighted by atomic mass is 16.2. The van der Waals surface area contributed by atoms with E-state index in [1.54, 1.807) is 0 Å². The van der Waals surface area contributed by atoms with Gasteiger partial charge in [0, 0.05) is 31.7 Å². The molecule has 0 unspecified atom stereocenters. The second-order valence-electron chi connectivity index (χ2n) is 7.97. The average molecular weight is 358 g/mol. The Hall–Kier alpha value is -1.39. The minimum absolute atomic E-state index is 0.0128. The van der Waals surface area contributed by atoms with Gasteiger partial charge in [0.1, 0.15) is 0 Å². The average Bonchev–Trinajstić information content (AvgIpc) is 3.01. The number of likely N-dealkylation sites (tertiary alicyclic amines) is 1. The molecule has 1 saturated heterocycles. The van der Waals surface area contributed by atoms with Gasteiger partial charge in [-0.15, -0.1) is 0 Å². The fourth-order valence-corrected chi connectivity index (χ4v) is 4.54. The van der Waals surface area contributed by atoms with E-state index >= 15 is 0 Å². The molecule has 2 aliphatic rings. The topological polar surface area (TPSA) is 44.4 Å². The van der Waals surface area contributed by atoms with Gasteiger partial charge in [-0.2, -0.15) is 0 Å². The van der Waals surface area contributed by atoms with Crippen LogP contribution >= 0.6 is 0 Å². The Balaban J connectivity index is 1.61. The van der Waals surface area contributed by atoms with Gasteiger partial charge in [0.25, 0.3) is 0 Å². The van der Waals surface area contributed by atoms with Crippen molar-refractivity contribution in [3.63, 3.8) is 0 Å². The zero-order valence-corrected chi connectivity index (χ0v) is 16.3. The second-order valence-corrected chi connectivity index (χ2v) is 7.97. The molecule has 2 atom stereocenters. The van der Waals surface area contributed by atoms with Gasteiger partial charge >= 0.3 is 0 Å². The summed E-state index contributed by atoms with van der Waals surface area (Å²) in [6, 6.07) is 11.6. The smallest absolute Gasteiger partial charge is 0.237 e. The first-order valence-electron chi connectivity index (χ1n) is 10.6. The minimum Gasteiger partial charge on any atom is -0.355 e. The van der Waals surface area contributed by atoms with Crippen LogP contribution in [0.1, 0.15) is 63.9 Å². The van der Waals surface area contributed by atoms with Crippen LogP contribution < -0.4 is 10.6 Å². The molecule has 1 saturated carbocycles. The number of likely N-dealkylation sites (N-methyl/N-ethyl adjacent to an activating group) is 1. The molecule has 144 valence electrons. The predicted molar refractivity (Wildman–Crippen MR) is 107 cm³/mol. The van der Waals surface area contributed by atoms with Crippen molar-refractivity contribution in [3.8, 4) is 0 Å². The third kappa shape index (κ3) is 5.55. The predicted octanol–water partition coefficient (Wildman–Crippen LogP) is 3.47. The first-order valence-corrected chi connectivity index (χ1v) is 10.6. The molecule has 0 aromatic heterocycles. The molecule has 0 radical (unpaired) electrons. The number of nitrogens with zero attached hydrogens (tertiary/aromatic N) is 1. The molecule has 0 bridgehead atoms. The van der Waals surface area contributed by atoms with E-state index in [1.165, 1.54) is 50.5 Å². The van der Waals surface area contributed by atoms with Gasteiger partial charge < -0.3 is 10.6 Å². The van der Waals surface area contributed by atoms with E-state index in [0.29, 0.717) is 18.6 Å². The van der Waals surface area contributed by atoms with Crippen molar-refractivity contribution in [2.75, 3.05) is 13.1 Å². The molecular weight excluding hydrogens is 322 g/mol. The number of benzene rings is 1. The number of hydrogen-bond acceptors (Lipinski definition) is 3. The van der Waals surface area contributed by atoms with Gasteiger partial charge in [-0.25, -0.2) is 0 Å². The van der Waals surface area contributed by atoms with Gasteiger partial charge in [0.05, 0.1) is 6.04 Å². The van der Waals surface area contributed by atoms with Crippen molar-refractivity contribution < 1.29 is 4.79 Å². The molecule has 1 aliphatic carbocycles. The van der Waals surface area contributed by atoms with Crippen LogP contribution in [-0.4, -0.2) is 42.0 Å². The molecule has 1 amide bonds. The summed E-state index contributed by atoms with van der Waals surface area (Å²) in [5.74, 6) is 0.186. The fourth-order valence-electron chi connectivity index (χ4n) is 4.54. The summed E-state index contributed by atoms with van der Waals surface area (Å²) in [6.45, 7) is 4.52. The van der Waals surface area contributed by atoms with Crippen LogP contribution in [0.3, 0.4) is 0 Å². The van der Waals surface area contributed by atoms with Crippen molar-refractivity contribution in [2.24, 2.45) is 0 Å². The third-order valence-corrected chi connectivity index (χ3v) is 5.86. The van der Waals surface area contributed by atoms with Gasteiger partial charge in [-0.05, 0) is 31.7 Å². The van der Waals surface area contributed by atoms with Crippen LogP contribution in [0.15, 0.2) is 30.3 Å². The lowest BCUT2D eigenvalue weighted by molar-refractivity contribution is -0.125. The summed E-state index contributed by atoms with van der Waals surface area (Å²) in [5, 5.41) is 6.94. The van der Waals surface area contributed by atoms with Crippen molar-refractivity contribution in [3.05, 3.63) is 35.9 Å². The zero-order chi connectivity index (χ0) is 18.2. The molecule has 2 fully saturated rings. The highest BCUT2D eigenvalue weighted by Gasteiger charge is 2.37. The van der Waals surface area contributed by atoms with Gasteiger partial charge in [0.2, 0.25) is 5.91 Å². The molecule has 26 heavy (non-hydrogen) atoms. The van der Waals surface area contributed by atoms with Crippen molar-refractivity contribution in [2.45, 2.75) is 83.0 Å². The maximum Gasteiger partial charge on any atom is 0.237 e. The van der Waals surface area contributed by atoms with Crippen LogP contribution in [0.2, 0.25) is 0 Å². The van der Waals surface area contributed by atoms with E-state index in [2.05, 4.69) is 39.8 Å². The molecule has 4 heteroatoms. The Morgan fingerprint density at radius 2 is 1.73 bits per heavy atom. The lowest BCUT2D eigenvalue weighted by atomic mass is 9.96. The van der Waals surface area contributed by atoms with E-state index in [-0.39, 0.29) is 11.9 Å². The second kappa shape index (κ2) is 10.1. The van der Waals surface area contributed by atoms with Crippen molar-refractivity contribution in [1.29, 1.82) is 0 Å². The number of hydrogen-bond donors (Lipinski definition) is 2. The maximum atomic E-state index is 12.6. The van der Waals surface area contributed by atoms with E-state index in [0.717, 1.165) is 19.5 Å². The normalized spacial score (nSPS) is 25.6. The fraction of sp³-hybridized carbons (Fsp3) is 0.682. The molecular formula is C22H35N3O. The van der Waals surface area contributed by atoms with Crippen LogP contribution in [0.4, 0.5) is 0 Å². The minimum atomic E-state index is -0.0128. The SMILES string of the molecule is CCNC(=O)[C@@H]1C[C@@H](NC2CCCCCCC2)CN1Cc1ccccc1. The Kier molecular flexibility index (Phi) is 7.51. The zero-order valence-electron chi connectivity index (χ0n) is 16.3. The number of nitrogens with one attached hydrogen (secondary N) is 2. The van der Waals surface area contributed by atoms with Gasteiger partial charge in [-0.3, -0.25) is 9.69 Å². The number of rotatable bonds is 6. The molecule has 4 nitrogen and oxygen atoms in total. The van der Waals surface area contributed by atoms with Gasteiger partial charge in [0.15, 0.2) is 0 Å². The van der Waals surface area contributed by atoms with E-state index < -0.39 is 0 Å². The summed E-state index contributed by atoms with van der Waals surface area (Å²) < 4.78 is 0. The van der Waals surface area contributed by atoms with Crippen molar-refractivity contribution >= 4 is 5.91 Å². The monoisotopic (exact) mass is 357 g/mol. The first-order chi connectivity index (χ1) is 12.8. The van der Waals surface area contributed by atoms with E-state index in [1.807, 2.05) is 13.0 Å². The largest absolute Gasteiger partial charge is 0.355 e. The molecule has 1 aliphatic heterocycles. The molecule has 3 rings (SSSR count). The first kappa shape index (κ1) is 19.4. The van der Waals surface area contributed by atoms with Crippen molar-refractivity contribution in [1.82, 2.24) is 15.5 Å². The quantitative estimate of drug-likeness (QED) is 0.819.